The maximum Gasteiger partial charge on any atom is 0.277 e. The average Bonchev–Trinajstić information content (AvgIpc) is 3.41. The van der Waals surface area contributed by atoms with Crippen molar-refractivity contribution in [3.63, 3.8) is 0 Å². The molecule has 2 aromatic carbocycles. The minimum absolute atomic E-state index is 0.378. The lowest BCUT2D eigenvalue weighted by molar-refractivity contribution is 0.387. The lowest BCUT2D eigenvalue weighted by Gasteiger charge is -2.07. The molecule has 0 spiro atoms. The van der Waals surface area contributed by atoms with Crippen molar-refractivity contribution in [1.82, 2.24) is 20.3 Å². The number of methoxy groups -OCH3 is 2. The summed E-state index contributed by atoms with van der Waals surface area (Å²) in [7, 11) is 3.16. The smallest absolute Gasteiger partial charge is 0.277 e. The Morgan fingerprint density at radius 2 is 1.97 bits per heavy atom. The van der Waals surface area contributed by atoms with Gasteiger partial charge in [-0.25, -0.2) is 0 Å². The molecule has 29 heavy (non-hydrogen) atoms. The molecule has 0 aliphatic carbocycles. The molecule has 2 aromatic heterocycles. The van der Waals surface area contributed by atoms with Crippen LogP contribution in [0.4, 0.5) is 0 Å². The molecule has 0 N–H and O–H groups in total. The third-order valence-corrected chi connectivity index (χ3v) is 4.95. The second kappa shape index (κ2) is 8.54. The van der Waals surface area contributed by atoms with Crippen molar-refractivity contribution in [1.29, 1.82) is 0 Å². The minimum Gasteiger partial charge on any atom is -0.497 e. The molecule has 8 nitrogen and oxygen atoms in total. The molecule has 10 heteroatoms. The second-order valence-corrected chi connectivity index (χ2v) is 7.11. The Bertz CT molecular complexity index is 1130. The summed E-state index contributed by atoms with van der Waals surface area (Å²) in [6, 6.07) is 12.6. The Balaban J connectivity index is 1.45. The van der Waals surface area contributed by atoms with Crippen LogP contribution in [0.1, 0.15) is 5.89 Å². The van der Waals surface area contributed by atoms with E-state index in [1.807, 2.05) is 18.2 Å². The fourth-order valence-corrected chi connectivity index (χ4v) is 3.33. The van der Waals surface area contributed by atoms with Crippen molar-refractivity contribution < 1.29 is 18.4 Å². The van der Waals surface area contributed by atoms with Gasteiger partial charge in [0.1, 0.15) is 11.5 Å². The van der Waals surface area contributed by atoms with Crippen LogP contribution in [0.2, 0.25) is 5.02 Å². The van der Waals surface area contributed by atoms with E-state index in [1.54, 1.807) is 38.5 Å². The van der Waals surface area contributed by atoms with Crippen LogP contribution < -0.4 is 9.47 Å². The van der Waals surface area contributed by atoms with Gasteiger partial charge in [-0.15, -0.1) is 10.2 Å². The van der Waals surface area contributed by atoms with E-state index in [0.29, 0.717) is 50.7 Å². The topological polar surface area (TPSA) is 96.3 Å². The standard InChI is InChI=1S/C19H15ClN4O4S/c1-25-13-6-7-14(15(9-13)26-2)17-21-16(28-24-17)10-29-19-23-22-18(27-19)11-4-3-5-12(20)8-11/h3-9H,10H2,1-2H3. The first-order valence-electron chi connectivity index (χ1n) is 8.43. The average molecular weight is 431 g/mol. The summed E-state index contributed by atoms with van der Waals surface area (Å²) < 4.78 is 21.6. The zero-order valence-electron chi connectivity index (χ0n) is 15.5. The van der Waals surface area contributed by atoms with Crippen LogP contribution in [0.15, 0.2) is 56.6 Å². The van der Waals surface area contributed by atoms with Crippen molar-refractivity contribution in [2.24, 2.45) is 0 Å². The van der Waals surface area contributed by atoms with Gasteiger partial charge in [0.2, 0.25) is 17.6 Å². The molecule has 148 valence electrons. The first-order valence-corrected chi connectivity index (χ1v) is 9.80. The number of nitrogens with zero attached hydrogens (tertiary/aromatic N) is 4. The van der Waals surface area contributed by atoms with Gasteiger partial charge in [-0.3, -0.25) is 0 Å². The van der Waals surface area contributed by atoms with Crippen molar-refractivity contribution in [3.05, 3.63) is 53.4 Å². The number of halogens is 1. The minimum atomic E-state index is 0.378. The van der Waals surface area contributed by atoms with Gasteiger partial charge in [0.25, 0.3) is 5.22 Å². The zero-order valence-corrected chi connectivity index (χ0v) is 17.0. The Kier molecular flexibility index (Phi) is 5.68. The van der Waals surface area contributed by atoms with Gasteiger partial charge in [0.05, 0.1) is 25.5 Å². The lowest BCUT2D eigenvalue weighted by Crippen LogP contribution is -1.91. The summed E-state index contributed by atoms with van der Waals surface area (Å²) >= 11 is 7.29. The van der Waals surface area contributed by atoms with Crippen LogP contribution in [0.3, 0.4) is 0 Å². The van der Waals surface area contributed by atoms with E-state index < -0.39 is 0 Å². The van der Waals surface area contributed by atoms with Crippen LogP contribution >= 0.6 is 23.4 Å². The first kappa shape index (κ1) is 19.3. The van der Waals surface area contributed by atoms with E-state index >= 15 is 0 Å². The van der Waals surface area contributed by atoms with Crippen LogP contribution in [-0.2, 0) is 5.75 Å². The summed E-state index contributed by atoms with van der Waals surface area (Å²) in [6.07, 6.45) is 0. The Hall–Kier alpha value is -3.04. The van der Waals surface area contributed by atoms with E-state index in [4.69, 9.17) is 30.0 Å². The first-order chi connectivity index (χ1) is 14.2. The quantitative estimate of drug-likeness (QED) is 0.384. The number of aromatic nitrogens is 4. The number of hydrogen-bond acceptors (Lipinski definition) is 9. The fraction of sp³-hybridized carbons (Fsp3) is 0.158. The highest BCUT2D eigenvalue weighted by molar-refractivity contribution is 7.98. The van der Waals surface area contributed by atoms with Gasteiger partial charge in [-0.1, -0.05) is 34.6 Å². The molecule has 0 radical (unpaired) electrons. The molecule has 0 aliphatic rings. The number of thioether (sulfide) groups is 1. The van der Waals surface area contributed by atoms with E-state index in [9.17, 15) is 0 Å². The van der Waals surface area contributed by atoms with Crippen molar-refractivity contribution in [2.75, 3.05) is 14.2 Å². The van der Waals surface area contributed by atoms with Crippen LogP contribution in [-0.4, -0.2) is 34.6 Å². The Morgan fingerprint density at radius 3 is 2.76 bits per heavy atom. The summed E-state index contributed by atoms with van der Waals surface area (Å²) in [5, 5.41) is 13.1. The molecule has 4 aromatic rings. The van der Waals surface area contributed by atoms with Crippen molar-refractivity contribution in [2.45, 2.75) is 11.0 Å². The fourth-order valence-electron chi connectivity index (χ4n) is 2.54. The monoisotopic (exact) mass is 430 g/mol. The third-order valence-electron chi connectivity index (χ3n) is 3.91. The molecule has 0 amide bonds. The predicted molar refractivity (Wildman–Crippen MR) is 107 cm³/mol. The molecule has 0 bridgehead atoms. The third kappa shape index (κ3) is 4.36. The zero-order chi connectivity index (χ0) is 20.2. The molecule has 4 rings (SSSR count). The van der Waals surface area contributed by atoms with Crippen LogP contribution in [0.5, 0.6) is 11.5 Å². The summed E-state index contributed by atoms with van der Waals surface area (Å²) in [5.74, 6) is 2.88. The molecule has 2 heterocycles. The highest BCUT2D eigenvalue weighted by Gasteiger charge is 2.16. The molecule has 0 fully saturated rings. The van der Waals surface area contributed by atoms with Gasteiger partial charge >= 0.3 is 0 Å². The number of ether oxygens (including phenoxy) is 2. The summed E-state index contributed by atoms with van der Waals surface area (Å²) in [4.78, 5) is 4.41. The van der Waals surface area contributed by atoms with Crippen LogP contribution in [0.25, 0.3) is 22.8 Å². The second-order valence-electron chi connectivity index (χ2n) is 5.75. The van der Waals surface area contributed by atoms with Gasteiger partial charge < -0.3 is 18.4 Å². The molecular formula is C19H15ClN4O4S. The summed E-state index contributed by atoms with van der Waals surface area (Å²) in [5.41, 5.74) is 1.46. The van der Waals surface area contributed by atoms with Crippen molar-refractivity contribution in [3.8, 4) is 34.3 Å². The maximum absolute atomic E-state index is 6.00. The molecule has 0 atom stereocenters. The van der Waals surface area contributed by atoms with Crippen molar-refractivity contribution >= 4 is 23.4 Å². The van der Waals surface area contributed by atoms with E-state index in [-0.39, 0.29) is 0 Å². The number of hydrogen-bond donors (Lipinski definition) is 0. The number of benzene rings is 2. The summed E-state index contributed by atoms with van der Waals surface area (Å²) in [6.45, 7) is 0. The SMILES string of the molecule is COc1ccc(-c2noc(CSc3nnc(-c4cccc(Cl)c4)o3)n2)c(OC)c1. The predicted octanol–water partition coefficient (Wildman–Crippen LogP) is 4.75. The van der Waals surface area contributed by atoms with E-state index in [0.717, 1.165) is 5.56 Å². The molecule has 0 unspecified atom stereocenters. The number of rotatable bonds is 7. The Labute approximate surface area is 175 Å². The van der Waals surface area contributed by atoms with Gasteiger partial charge in [0, 0.05) is 16.7 Å². The normalized spacial score (nSPS) is 10.9. The van der Waals surface area contributed by atoms with E-state index in [2.05, 4.69) is 20.3 Å². The van der Waals surface area contributed by atoms with Gasteiger partial charge in [-0.05, 0) is 30.3 Å². The molecular weight excluding hydrogens is 416 g/mol. The molecule has 0 saturated heterocycles. The van der Waals surface area contributed by atoms with Gasteiger partial charge in [-0.2, -0.15) is 4.98 Å². The van der Waals surface area contributed by atoms with Gasteiger partial charge in [0.15, 0.2) is 0 Å². The maximum atomic E-state index is 6.00. The lowest BCUT2D eigenvalue weighted by atomic mass is 10.2. The highest BCUT2D eigenvalue weighted by atomic mass is 35.5. The molecule has 0 aliphatic heterocycles. The van der Waals surface area contributed by atoms with E-state index in [1.165, 1.54) is 11.8 Å². The van der Waals surface area contributed by atoms with Crippen LogP contribution in [0, 0.1) is 0 Å². The highest BCUT2D eigenvalue weighted by Crippen LogP contribution is 2.32. The molecule has 0 saturated carbocycles. The largest absolute Gasteiger partial charge is 0.497 e. The Morgan fingerprint density at radius 1 is 1.07 bits per heavy atom.